The van der Waals surface area contributed by atoms with Crippen LogP contribution in [0.4, 0.5) is 0 Å². The van der Waals surface area contributed by atoms with Crippen molar-refractivity contribution in [1.29, 1.82) is 0 Å². The molecule has 0 amide bonds. The fourth-order valence-electron chi connectivity index (χ4n) is 4.77. The first kappa shape index (κ1) is 32.3. The average Bonchev–Trinajstić information content (AvgIpc) is 2.82. The van der Waals surface area contributed by atoms with Crippen molar-refractivity contribution >= 4 is 26.8 Å². The minimum Gasteiger partial charge on any atom is -0.413 e. The molecule has 2 nitrogen and oxygen atoms in total. The third-order valence-electron chi connectivity index (χ3n) is 8.25. The van der Waals surface area contributed by atoms with Crippen LogP contribution in [0.3, 0.4) is 0 Å². The fourth-order valence-corrected chi connectivity index (χ4v) is 10.8. The molecule has 0 aliphatic rings. The monoisotopic (exact) mass is 548 g/mol. The molecule has 0 aliphatic carbocycles. The van der Waals surface area contributed by atoms with Gasteiger partial charge in [-0.15, -0.1) is 5.54 Å². The first-order valence-electron chi connectivity index (χ1n) is 14.2. The standard InChI is InChI=1S/C34H52O2Si2/c1-12-31(36-37(10,11)32(3,4)5)28(2)20-19-25-34(9,35)26-27-38(33(6,7)8,29-21-15-13-16-22-29)30-23-17-14-18-24-30/h13-24,28,31,35H,12,25H2,1-11H3/b20-19+/t28-,31-,34+/m0/s1. The molecule has 2 aromatic rings. The van der Waals surface area contributed by atoms with Gasteiger partial charge < -0.3 is 9.53 Å². The summed E-state index contributed by atoms with van der Waals surface area (Å²) in [5.41, 5.74) is 2.63. The predicted molar refractivity (Wildman–Crippen MR) is 171 cm³/mol. The van der Waals surface area contributed by atoms with E-state index in [4.69, 9.17) is 4.43 Å². The molecular weight excluding hydrogens is 497 g/mol. The van der Waals surface area contributed by atoms with E-state index in [0.717, 1.165) is 6.42 Å². The van der Waals surface area contributed by atoms with Gasteiger partial charge in [-0.2, -0.15) is 0 Å². The predicted octanol–water partition coefficient (Wildman–Crippen LogP) is 7.73. The molecule has 0 heterocycles. The summed E-state index contributed by atoms with van der Waals surface area (Å²) in [4.78, 5) is 0. The molecule has 208 valence electrons. The first-order chi connectivity index (χ1) is 17.5. The molecule has 1 N–H and O–H groups in total. The molecular formula is C34H52O2Si2. The third kappa shape index (κ3) is 7.82. The van der Waals surface area contributed by atoms with Crippen LogP contribution in [-0.4, -0.2) is 33.2 Å². The van der Waals surface area contributed by atoms with E-state index >= 15 is 0 Å². The summed E-state index contributed by atoms with van der Waals surface area (Å²) < 4.78 is 6.73. The van der Waals surface area contributed by atoms with Gasteiger partial charge in [-0.25, -0.2) is 0 Å². The van der Waals surface area contributed by atoms with E-state index < -0.39 is 22.0 Å². The lowest BCUT2D eigenvalue weighted by molar-refractivity contribution is 0.124. The fraction of sp³-hybridized carbons (Fsp3) is 0.529. The van der Waals surface area contributed by atoms with Crippen molar-refractivity contribution in [1.82, 2.24) is 0 Å². The normalized spacial score (nSPS) is 16.4. The maximum absolute atomic E-state index is 11.4. The minimum atomic E-state index is -2.55. The summed E-state index contributed by atoms with van der Waals surface area (Å²) in [6.45, 7) is 24.6. The van der Waals surface area contributed by atoms with Gasteiger partial charge in [-0.05, 0) is 52.8 Å². The van der Waals surface area contributed by atoms with Crippen molar-refractivity contribution in [3.63, 3.8) is 0 Å². The van der Waals surface area contributed by atoms with Gasteiger partial charge in [0.25, 0.3) is 0 Å². The van der Waals surface area contributed by atoms with E-state index in [1.807, 2.05) is 6.92 Å². The van der Waals surface area contributed by atoms with Crippen LogP contribution in [0.5, 0.6) is 0 Å². The molecule has 0 bridgehead atoms. The highest BCUT2D eigenvalue weighted by Gasteiger charge is 2.47. The molecule has 0 fully saturated rings. The van der Waals surface area contributed by atoms with E-state index in [1.165, 1.54) is 10.4 Å². The maximum atomic E-state index is 11.4. The highest BCUT2D eigenvalue weighted by atomic mass is 28.4. The second-order valence-electron chi connectivity index (χ2n) is 13.6. The molecule has 0 unspecified atom stereocenters. The largest absolute Gasteiger partial charge is 0.413 e. The summed E-state index contributed by atoms with van der Waals surface area (Å²) >= 11 is 0. The summed E-state index contributed by atoms with van der Waals surface area (Å²) in [5, 5.41) is 14.1. The lowest BCUT2D eigenvalue weighted by atomic mass is 9.98. The topological polar surface area (TPSA) is 29.5 Å². The second-order valence-corrected chi connectivity index (χ2v) is 22.7. The number of hydrogen-bond acceptors (Lipinski definition) is 2. The van der Waals surface area contributed by atoms with Gasteiger partial charge in [0.2, 0.25) is 8.07 Å². The van der Waals surface area contributed by atoms with E-state index in [-0.39, 0.29) is 22.1 Å². The molecule has 0 spiro atoms. The highest BCUT2D eigenvalue weighted by Crippen LogP contribution is 2.39. The quantitative estimate of drug-likeness (QED) is 0.197. The minimum absolute atomic E-state index is 0.0709. The first-order valence-corrected chi connectivity index (χ1v) is 19.1. The molecule has 4 heteroatoms. The van der Waals surface area contributed by atoms with Gasteiger partial charge in [0.05, 0.1) is 6.10 Å². The van der Waals surface area contributed by atoms with Gasteiger partial charge in [0.1, 0.15) is 5.60 Å². The van der Waals surface area contributed by atoms with Crippen LogP contribution in [0.15, 0.2) is 72.8 Å². The Morgan fingerprint density at radius 2 is 1.32 bits per heavy atom. The summed E-state index contributed by atoms with van der Waals surface area (Å²) in [7, 11) is -4.39. The molecule has 3 atom stereocenters. The molecule has 0 aromatic heterocycles. The molecule has 0 aliphatic heterocycles. The lowest BCUT2D eigenvalue weighted by Crippen LogP contribution is -2.63. The molecule has 0 saturated heterocycles. The Morgan fingerprint density at radius 1 is 0.842 bits per heavy atom. The van der Waals surface area contributed by atoms with Gasteiger partial charge in [-0.1, -0.05) is 134 Å². The average molecular weight is 549 g/mol. The van der Waals surface area contributed by atoms with Crippen LogP contribution < -0.4 is 10.4 Å². The van der Waals surface area contributed by atoms with Crippen LogP contribution >= 0.6 is 0 Å². The van der Waals surface area contributed by atoms with Gasteiger partial charge >= 0.3 is 0 Å². The molecule has 0 radical (unpaired) electrons. The Balaban J connectivity index is 2.36. The van der Waals surface area contributed by atoms with Gasteiger partial charge in [0, 0.05) is 6.42 Å². The van der Waals surface area contributed by atoms with Crippen LogP contribution in [-0.2, 0) is 4.43 Å². The van der Waals surface area contributed by atoms with Crippen LogP contribution in [0, 0.1) is 17.4 Å². The van der Waals surface area contributed by atoms with Crippen molar-refractivity contribution in [3.8, 4) is 11.5 Å². The van der Waals surface area contributed by atoms with Crippen molar-refractivity contribution in [3.05, 3.63) is 72.8 Å². The van der Waals surface area contributed by atoms with Crippen molar-refractivity contribution in [2.24, 2.45) is 5.92 Å². The summed E-state index contributed by atoms with van der Waals surface area (Å²) in [6.07, 6.45) is 5.95. The zero-order valence-corrected chi connectivity index (χ0v) is 27.9. The summed E-state index contributed by atoms with van der Waals surface area (Å²) in [6, 6.07) is 21.4. The van der Waals surface area contributed by atoms with E-state index in [1.54, 1.807) is 0 Å². The van der Waals surface area contributed by atoms with Gasteiger partial charge in [-0.3, -0.25) is 0 Å². The molecule has 0 saturated carbocycles. The van der Waals surface area contributed by atoms with Crippen molar-refractivity contribution in [2.75, 3.05) is 0 Å². The zero-order valence-electron chi connectivity index (χ0n) is 25.9. The zero-order chi connectivity index (χ0) is 28.8. The smallest absolute Gasteiger partial charge is 0.204 e. The van der Waals surface area contributed by atoms with Crippen LogP contribution in [0.2, 0.25) is 23.2 Å². The second kappa shape index (κ2) is 12.5. The summed E-state index contributed by atoms with van der Waals surface area (Å²) in [5.74, 6) is 3.64. The number of aliphatic hydroxyl groups is 1. The van der Waals surface area contributed by atoms with E-state index in [2.05, 4.69) is 153 Å². The van der Waals surface area contributed by atoms with Gasteiger partial charge in [0.15, 0.2) is 8.32 Å². The lowest BCUT2D eigenvalue weighted by Gasteiger charge is -2.40. The van der Waals surface area contributed by atoms with Crippen LogP contribution in [0.25, 0.3) is 0 Å². The third-order valence-corrected chi connectivity index (χ3v) is 17.9. The molecule has 38 heavy (non-hydrogen) atoms. The Hall–Kier alpha value is -1.91. The van der Waals surface area contributed by atoms with E-state index in [9.17, 15) is 5.11 Å². The number of benzene rings is 2. The maximum Gasteiger partial charge on any atom is 0.204 e. The number of rotatable bonds is 9. The SMILES string of the molecule is CC[C@H](O[Si](C)(C)C(C)(C)C)[C@@H](C)/C=C/C[C@@](C)(O)C#C[Si](c1ccccc1)(c1ccccc1)C(C)(C)C. The Bertz CT molecular complexity index is 1050. The Morgan fingerprint density at radius 3 is 1.71 bits per heavy atom. The number of hydrogen-bond donors (Lipinski definition) is 1. The van der Waals surface area contributed by atoms with Crippen molar-refractivity contribution in [2.45, 2.75) is 110 Å². The van der Waals surface area contributed by atoms with E-state index in [0.29, 0.717) is 6.42 Å². The molecule has 2 aromatic carbocycles. The van der Waals surface area contributed by atoms with Crippen molar-refractivity contribution < 1.29 is 9.53 Å². The highest BCUT2D eigenvalue weighted by molar-refractivity contribution is 7.10. The van der Waals surface area contributed by atoms with Crippen LogP contribution in [0.1, 0.15) is 75.2 Å². The Labute approximate surface area is 236 Å². The molecule has 2 rings (SSSR count). The Kier molecular flexibility index (Phi) is 10.6.